The van der Waals surface area contributed by atoms with E-state index in [0.29, 0.717) is 28.6 Å². The number of aromatic nitrogens is 2. The van der Waals surface area contributed by atoms with Crippen LogP contribution in [0, 0.1) is 0 Å². The fraction of sp³-hybridized carbons (Fsp3) is 0.150. The van der Waals surface area contributed by atoms with Crippen LogP contribution < -0.4 is 20.1 Å². The molecule has 2 N–H and O–H groups in total. The fourth-order valence-corrected chi connectivity index (χ4v) is 2.49. The van der Waals surface area contributed by atoms with Crippen molar-refractivity contribution in [2.45, 2.75) is 6.92 Å². The Morgan fingerprint density at radius 2 is 1.63 bits per heavy atom. The van der Waals surface area contributed by atoms with Crippen molar-refractivity contribution >= 4 is 34.0 Å². The molecule has 7 nitrogen and oxygen atoms in total. The van der Waals surface area contributed by atoms with Gasteiger partial charge >= 0.3 is 0 Å². The highest BCUT2D eigenvalue weighted by Gasteiger charge is 2.11. The Kier molecular flexibility index (Phi) is 5.21. The molecule has 0 spiro atoms. The summed E-state index contributed by atoms with van der Waals surface area (Å²) >= 11 is 0. The molecule has 0 radical (unpaired) electrons. The van der Waals surface area contributed by atoms with E-state index in [1.54, 1.807) is 39.3 Å². The van der Waals surface area contributed by atoms with Crippen molar-refractivity contribution in [1.29, 1.82) is 0 Å². The number of carbonyl (C=O) groups excluding carboxylic acids is 1. The summed E-state index contributed by atoms with van der Waals surface area (Å²) in [5, 5.41) is 6.83. The second kappa shape index (κ2) is 7.74. The van der Waals surface area contributed by atoms with Crippen molar-refractivity contribution in [2.75, 3.05) is 24.9 Å². The van der Waals surface area contributed by atoms with Crippen LogP contribution in [-0.4, -0.2) is 30.1 Å². The molecule has 0 aliphatic rings. The van der Waals surface area contributed by atoms with Gasteiger partial charge in [-0.3, -0.25) is 4.79 Å². The van der Waals surface area contributed by atoms with Gasteiger partial charge in [0.1, 0.15) is 12.1 Å². The summed E-state index contributed by atoms with van der Waals surface area (Å²) in [6, 6.07) is 10.9. The third-order valence-corrected chi connectivity index (χ3v) is 3.93. The first kappa shape index (κ1) is 18.2. The van der Waals surface area contributed by atoms with Gasteiger partial charge in [0.05, 0.1) is 19.7 Å². The fourth-order valence-electron chi connectivity index (χ4n) is 2.49. The number of carbonyl (C=O) groups is 1. The number of fused-ring (bicyclic) bond motifs is 1. The van der Waals surface area contributed by atoms with Crippen LogP contribution in [0.2, 0.25) is 0 Å². The average molecular weight is 364 g/mol. The van der Waals surface area contributed by atoms with Gasteiger partial charge in [-0.2, -0.15) is 0 Å². The van der Waals surface area contributed by atoms with Crippen molar-refractivity contribution in [1.82, 2.24) is 9.97 Å². The normalized spacial score (nSPS) is 10.3. The van der Waals surface area contributed by atoms with Gasteiger partial charge < -0.3 is 20.1 Å². The Labute approximate surface area is 157 Å². The lowest BCUT2D eigenvalue weighted by Gasteiger charge is -2.12. The molecule has 0 aliphatic carbocycles. The molecule has 0 atom stereocenters. The Balaban J connectivity index is 1.88. The molecule has 0 saturated heterocycles. The standard InChI is InChI=1S/C20H20N4O3/c1-12(2)20(25)24-14-7-5-13(6-8-14)23-19-15-9-17(26-3)18(27-4)10-16(15)21-11-22-19/h5-11H,1H2,2-4H3,(H,24,25)(H,21,22,23). The van der Waals surface area contributed by atoms with Crippen LogP contribution in [0.15, 0.2) is 54.9 Å². The van der Waals surface area contributed by atoms with E-state index in [1.165, 1.54) is 6.33 Å². The lowest BCUT2D eigenvalue weighted by molar-refractivity contribution is -0.112. The van der Waals surface area contributed by atoms with E-state index < -0.39 is 0 Å². The van der Waals surface area contributed by atoms with Gasteiger partial charge in [0.2, 0.25) is 0 Å². The van der Waals surface area contributed by atoms with E-state index in [1.807, 2.05) is 18.2 Å². The monoisotopic (exact) mass is 364 g/mol. The molecule has 1 heterocycles. The number of benzene rings is 2. The highest BCUT2D eigenvalue weighted by molar-refractivity contribution is 6.02. The van der Waals surface area contributed by atoms with Gasteiger partial charge in [0, 0.05) is 28.4 Å². The zero-order valence-corrected chi connectivity index (χ0v) is 15.4. The summed E-state index contributed by atoms with van der Waals surface area (Å²) in [5.74, 6) is 1.63. The number of rotatable bonds is 6. The van der Waals surface area contributed by atoms with E-state index in [9.17, 15) is 4.79 Å². The van der Waals surface area contributed by atoms with E-state index >= 15 is 0 Å². The molecule has 138 valence electrons. The second-order valence-corrected chi connectivity index (χ2v) is 5.88. The smallest absolute Gasteiger partial charge is 0.250 e. The minimum Gasteiger partial charge on any atom is -0.493 e. The molecular weight excluding hydrogens is 344 g/mol. The average Bonchev–Trinajstić information content (AvgIpc) is 2.68. The molecule has 0 fully saturated rings. The van der Waals surface area contributed by atoms with E-state index in [0.717, 1.165) is 16.6 Å². The van der Waals surface area contributed by atoms with Gasteiger partial charge in [-0.05, 0) is 37.3 Å². The summed E-state index contributed by atoms with van der Waals surface area (Å²) in [4.78, 5) is 20.3. The molecular formula is C20H20N4O3. The predicted molar refractivity (Wildman–Crippen MR) is 106 cm³/mol. The number of ether oxygens (including phenoxy) is 2. The van der Waals surface area contributed by atoms with Crippen LogP contribution in [0.25, 0.3) is 10.9 Å². The zero-order valence-electron chi connectivity index (χ0n) is 15.4. The molecule has 7 heteroatoms. The maximum absolute atomic E-state index is 11.7. The molecule has 0 unspecified atom stereocenters. The molecule has 1 amide bonds. The summed E-state index contributed by atoms with van der Waals surface area (Å²) in [6.45, 7) is 5.28. The minimum atomic E-state index is -0.210. The van der Waals surface area contributed by atoms with Crippen molar-refractivity contribution < 1.29 is 14.3 Å². The Hall–Kier alpha value is -3.61. The van der Waals surface area contributed by atoms with Gasteiger partial charge in [0.15, 0.2) is 11.5 Å². The molecule has 1 aromatic heterocycles. The van der Waals surface area contributed by atoms with Crippen molar-refractivity contribution in [3.63, 3.8) is 0 Å². The molecule has 0 bridgehead atoms. The molecule has 27 heavy (non-hydrogen) atoms. The van der Waals surface area contributed by atoms with Crippen LogP contribution in [0.4, 0.5) is 17.2 Å². The second-order valence-electron chi connectivity index (χ2n) is 5.88. The number of anilines is 3. The third kappa shape index (κ3) is 3.98. The summed E-state index contributed by atoms with van der Waals surface area (Å²) in [5.41, 5.74) is 2.69. The van der Waals surface area contributed by atoms with Gasteiger partial charge in [-0.15, -0.1) is 0 Å². The van der Waals surface area contributed by atoms with Crippen LogP contribution in [0.5, 0.6) is 11.5 Å². The van der Waals surface area contributed by atoms with Gasteiger partial charge in [0.25, 0.3) is 5.91 Å². The lowest BCUT2D eigenvalue weighted by Crippen LogP contribution is -2.11. The van der Waals surface area contributed by atoms with Crippen molar-refractivity contribution in [3.8, 4) is 11.5 Å². The SMILES string of the molecule is C=C(C)C(=O)Nc1ccc(Nc2ncnc3cc(OC)c(OC)cc23)cc1. The Morgan fingerprint density at radius 3 is 2.26 bits per heavy atom. The molecule has 0 saturated carbocycles. The van der Waals surface area contributed by atoms with Crippen LogP contribution in [0.1, 0.15) is 6.92 Å². The highest BCUT2D eigenvalue weighted by atomic mass is 16.5. The van der Waals surface area contributed by atoms with Crippen LogP contribution in [0.3, 0.4) is 0 Å². The van der Waals surface area contributed by atoms with E-state index in [-0.39, 0.29) is 5.91 Å². The minimum absolute atomic E-state index is 0.210. The van der Waals surface area contributed by atoms with Gasteiger partial charge in [-0.1, -0.05) is 6.58 Å². The van der Waals surface area contributed by atoms with E-state index in [4.69, 9.17) is 9.47 Å². The maximum Gasteiger partial charge on any atom is 0.250 e. The largest absolute Gasteiger partial charge is 0.493 e. The Morgan fingerprint density at radius 1 is 1.00 bits per heavy atom. The number of hydrogen-bond donors (Lipinski definition) is 2. The first-order chi connectivity index (χ1) is 13.0. The molecule has 0 aliphatic heterocycles. The van der Waals surface area contributed by atoms with Crippen molar-refractivity contribution in [2.24, 2.45) is 0 Å². The first-order valence-corrected chi connectivity index (χ1v) is 8.22. The van der Waals surface area contributed by atoms with E-state index in [2.05, 4.69) is 27.2 Å². The maximum atomic E-state index is 11.7. The van der Waals surface area contributed by atoms with Crippen molar-refractivity contribution in [3.05, 3.63) is 54.9 Å². The van der Waals surface area contributed by atoms with Crippen LogP contribution >= 0.6 is 0 Å². The molecule has 3 rings (SSSR count). The predicted octanol–water partition coefficient (Wildman–Crippen LogP) is 3.91. The Bertz CT molecular complexity index is 1000. The quantitative estimate of drug-likeness (QED) is 0.645. The summed E-state index contributed by atoms with van der Waals surface area (Å²) in [6.07, 6.45) is 1.48. The first-order valence-electron chi connectivity index (χ1n) is 8.22. The third-order valence-electron chi connectivity index (χ3n) is 3.93. The van der Waals surface area contributed by atoms with Gasteiger partial charge in [-0.25, -0.2) is 9.97 Å². The number of hydrogen-bond acceptors (Lipinski definition) is 6. The topological polar surface area (TPSA) is 85.4 Å². The molecule has 2 aromatic carbocycles. The summed E-state index contributed by atoms with van der Waals surface area (Å²) < 4.78 is 10.7. The number of amides is 1. The number of nitrogens with zero attached hydrogens (tertiary/aromatic N) is 2. The highest BCUT2D eigenvalue weighted by Crippen LogP contribution is 2.34. The number of methoxy groups -OCH3 is 2. The molecule has 3 aromatic rings. The summed E-state index contributed by atoms with van der Waals surface area (Å²) in [7, 11) is 3.16. The zero-order chi connectivity index (χ0) is 19.4. The number of nitrogens with one attached hydrogen (secondary N) is 2. The lowest BCUT2D eigenvalue weighted by atomic mass is 10.2. The van der Waals surface area contributed by atoms with Crippen LogP contribution in [-0.2, 0) is 4.79 Å².